The summed E-state index contributed by atoms with van der Waals surface area (Å²) in [6.07, 6.45) is 6.48. The number of carbonyl (C=O) groups is 2. The number of rotatable bonds is 9. The van der Waals surface area contributed by atoms with Gasteiger partial charge in [0, 0.05) is 48.8 Å². The first-order valence-corrected chi connectivity index (χ1v) is 15.2. The van der Waals surface area contributed by atoms with E-state index < -0.39 is 11.5 Å². The summed E-state index contributed by atoms with van der Waals surface area (Å²) in [5, 5.41) is 4.32. The maximum Gasteiger partial charge on any atom is 0.306 e. The average molecular weight is 566 g/mol. The minimum Gasteiger partial charge on any atom is -0.460 e. The van der Waals surface area contributed by atoms with Crippen LogP contribution in [-0.4, -0.2) is 35.6 Å². The van der Waals surface area contributed by atoms with E-state index in [-0.39, 0.29) is 11.9 Å². The van der Waals surface area contributed by atoms with E-state index in [4.69, 9.17) is 4.74 Å². The summed E-state index contributed by atoms with van der Waals surface area (Å²) in [5.41, 5.74) is 7.01. The molecule has 1 aliphatic heterocycles. The van der Waals surface area contributed by atoms with E-state index in [1.807, 2.05) is 69.4 Å². The first-order valence-electron chi connectivity index (χ1n) is 15.2. The molecule has 1 atom stereocenters. The van der Waals surface area contributed by atoms with Gasteiger partial charge in [-0.05, 0) is 99.4 Å². The standard InChI is InChI=1S/C36H43N3O3/c1-25-13-16-29(32(21-25)39-19-9-6-10-20-39)34(27-11-7-5-8-12-27)35(41)38-23-26-14-17-31-30(22-26)28(24-37-31)15-18-33(40)42-36(2,3)4/h5,7-8,11-14,16-17,21-22,24,34,37H,6,9-10,15,18-20,23H2,1-4H3,(H,38,41). The molecule has 1 aromatic heterocycles. The van der Waals surface area contributed by atoms with Crippen LogP contribution in [0.1, 0.15) is 80.2 Å². The van der Waals surface area contributed by atoms with Gasteiger partial charge in [-0.1, -0.05) is 48.5 Å². The highest BCUT2D eigenvalue weighted by atomic mass is 16.6. The lowest BCUT2D eigenvalue weighted by Crippen LogP contribution is -2.34. The van der Waals surface area contributed by atoms with E-state index in [0.29, 0.717) is 19.4 Å². The van der Waals surface area contributed by atoms with Crippen LogP contribution in [0.15, 0.2) is 72.9 Å². The fourth-order valence-electron chi connectivity index (χ4n) is 5.89. The van der Waals surface area contributed by atoms with Crippen molar-refractivity contribution >= 4 is 28.5 Å². The Kier molecular flexibility index (Phi) is 9.00. The number of aromatic nitrogens is 1. The van der Waals surface area contributed by atoms with E-state index in [2.05, 4.69) is 46.4 Å². The number of H-pyrrole nitrogens is 1. The van der Waals surface area contributed by atoms with Crippen molar-refractivity contribution in [1.82, 2.24) is 10.3 Å². The molecule has 0 saturated carbocycles. The number of hydrogen-bond acceptors (Lipinski definition) is 4. The van der Waals surface area contributed by atoms with E-state index in [9.17, 15) is 9.59 Å². The molecule has 6 heteroatoms. The van der Waals surface area contributed by atoms with Gasteiger partial charge in [0.1, 0.15) is 5.60 Å². The van der Waals surface area contributed by atoms with Gasteiger partial charge in [0.15, 0.2) is 0 Å². The SMILES string of the molecule is Cc1ccc(C(C(=O)NCc2ccc3[nH]cc(CCC(=O)OC(C)(C)C)c3c2)c2ccccc2)c(N2CCCCC2)c1. The van der Waals surface area contributed by atoms with Crippen LogP contribution in [0.5, 0.6) is 0 Å². The molecule has 0 aliphatic carbocycles. The highest BCUT2D eigenvalue weighted by Crippen LogP contribution is 2.35. The van der Waals surface area contributed by atoms with Crippen molar-refractivity contribution in [2.45, 2.75) is 77.9 Å². The summed E-state index contributed by atoms with van der Waals surface area (Å²) in [5.74, 6) is -0.626. The van der Waals surface area contributed by atoms with Gasteiger partial charge in [0.25, 0.3) is 0 Å². The van der Waals surface area contributed by atoms with E-state index in [1.54, 1.807) is 0 Å². The van der Waals surface area contributed by atoms with Crippen LogP contribution in [0, 0.1) is 6.92 Å². The average Bonchev–Trinajstić information content (AvgIpc) is 3.38. The molecular formula is C36H43N3O3. The predicted molar refractivity (Wildman–Crippen MR) is 170 cm³/mol. The van der Waals surface area contributed by atoms with Crippen LogP contribution in [0.25, 0.3) is 10.9 Å². The number of nitrogens with zero attached hydrogens (tertiary/aromatic N) is 1. The third kappa shape index (κ3) is 7.22. The molecule has 4 aromatic rings. The maximum absolute atomic E-state index is 14.0. The molecule has 2 N–H and O–H groups in total. The number of ether oxygens (including phenoxy) is 1. The van der Waals surface area contributed by atoms with Crippen molar-refractivity contribution in [1.29, 1.82) is 0 Å². The van der Waals surface area contributed by atoms with Gasteiger partial charge in [-0.15, -0.1) is 0 Å². The van der Waals surface area contributed by atoms with Gasteiger partial charge in [0.2, 0.25) is 5.91 Å². The Morgan fingerprint density at radius 1 is 0.976 bits per heavy atom. The fraction of sp³-hybridized carbons (Fsp3) is 0.389. The number of hydrogen-bond donors (Lipinski definition) is 2. The second-order valence-corrected chi connectivity index (χ2v) is 12.5. The second kappa shape index (κ2) is 12.8. The summed E-state index contributed by atoms with van der Waals surface area (Å²) in [6.45, 7) is 10.2. The smallest absolute Gasteiger partial charge is 0.306 e. The predicted octanol–water partition coefficient (Wildman–Crippen LogP) is 7.19. The zero-order chi connectivity index (χ0) is 29.7. The number of aromatic amines is 1. The Labute approximate surface area is 249 Å². The number of anilines is 1. The summed E-state index contributed by atoms with van der Waals surface area (Å²) in [4.78, 5) is 32.1. The normalized spacial score (nSPS) is 14.5. The summed E-state index contributed by atoms with van der Waals surface area (Å²) in [6, 6.07) is 22.8. The zero-order valence-electron chi connectivity index (χ0n) is 25.3. The molecule has 220 valence electrons. The van der Waals surface area contributed by atoms with Crippen molar-refractivity contribution in [3.05, 3.63) is 101 Å². The summed E-state index contributed by atoms with van der Waals surface area (Å²) >= 11 is 0. The minimum absolute atomic E-state index is 0.0115. The highest BCUT2D eigenvalue weighted by Gasteiger charge is 2.27. The van der Waals surface area contributed by atoms with Gasteiger partial charge < -0.3 is 19.9 Å². The molecule has 2 heterocycles. The molecule has 0 bridgehead atoms. The van der Waals surface area contributed by atoms with Gasteiger partial charge >= 0.3 is 5.97 Å². The van der Waals surface area contributed by atoms with Crippen molar-refractivity contribution in [2.75, 3.05) is 18.0 Å². The number of piperidine rings is 1. The zero-order valence-corrected chi connectivity index (χ0v) is 25.3. The Morgan fingerprint density at radius 3 is 2.48 bits per heavy atom. The molecule has 6 nitrogen and oxygen atoms in total. The Hall–Kier alpha value is -4.06. The van der Waals surface area contributed by atoms with Gasteiger partial charge in [-0.2, -0.15) is 0 Å². The molecule has 1 aliphatic rings. The molecule has 42 heavy (non-hydrogen) atoms. The lowest BCUT2D eigenvalue weighted by molar-refractivity contribution is -0.154. The number of benzene rings is 3. The number of esters is 1. The number of nitrogens with one attached hydrogen (secondary N) is 2. The van der Waals surface area contributed by atoms with E-state index in [1.165, 1.54) is 30.5 Å². The third-order valence-corrected chi connectivity index (χ3v) is 7.91. The van der Waals surface area contributed by atoms with Crippen molar-refractivity contribution in [3.63, 3.8) is 0 Å². The Morgan fingerprint density at radius 2 is 1.74 bits per heavy atom. The van der Waals surface area contributed by atoms with Crippen LogP contribution in [0.3, 0.4) is 0 Å². The molecule has 3 aromatic carbocycles. The van der Waals surface area contributed by atoms with Crippen molar-refractivity contribution in [3.8, 4) is 0 Å². The van der Waals surface area contributed by atoms with Crippen LogP contribution < -0.4 is 10.2 Å². The fourth-order valence-corrected chi connectivity index (χ4v) is 5.89. The Balaban J connectivity index is 1.36. The lowest BCUT2D eigenvalue weighted by Gasteiger charge is -2.33. The molecule has 1 amide bonds. The molecular weight excluding hydrogens is 522 g/mol. The van der Waals surface area contributed by atoms with E-state index in [0.717, 1.165) is 46.2 Å². The molecule has 1 saturated heterocycles. The third-order valence-electron chi connectivity index (χ3n) is 7.91. The molecule has 1 fully saturated rings. The molecule has 5 rings (SSSR count). The summed E-state index contributed by atoms with van der Waals surface area (Å²) < 4.78 is 5.49. The van der Waals surface area contributed by atoms with Crippen LogP contribution in [0.4, 0.5) is 5.69 Å². The van der Waals surface area contributed by atoms with Gasteiger partial charge in [-0.25, -0.2) is 0 Å². The number of aryl methyl sites for hydroxylation is 2. The number of fused-ring (bicyclic) bond motifs is 1. The largest absolute Gasteiger partial charge is 0.460 e. The second-order valence-electron chi connectivity index (χ2n) is 12.5. The van der Waals surface area contributed by atoms with Crippen LogP contribution in [-0.2, 0) is 27.3 Å². The van der Waals surface area contributed by atoms with Gasteiger partial charge in [-0.3, -0.25) is 9.59 Å². The topological polar surface area (TPSA) is 74.4 Å². The van der Waals surface area contributed by atoms with Gasteiger partial charge in [0.05, 0.1) is 5.92 Å². The monoisotopic (exact) mass is 565 g/mol. The molecule has 0 radical (unpaired) electrons. The first kappa shape index (κ1) is 29.4. The lowest BCUT2D eigenvalue weighted by atomic mass is 9.87. The quantitative estimate of drug-likeness (QED) is 0.211. The van der Waals surface area contributed by atoms with Crippen LogP contribution >= 0.6 is 0 Å². The van der Waals surface area contributed by atoms with Crippen molar-refractivity contribution in [2.24, 2.45) is 0 Å². The van der Waals surface area contributed by atoms with Crippen molar-refractivity contribution < 1.29 is 14.3 Å². The number of amides is 1. The van der Waals surface area contributed by atoms with E-state index >= 15 is 0 Å². The van der Waals surface area contributed by atoms with Crippen LogP contribution in [0.2, 0.25) is 0 Å². The summed E-state index contributed by atoms with van der Waals surface area (Å²) in [7, 11) is 0. The molecule has 0 spiro atoms. The highest BCUT2D eigenvalue weighted by molar-refractivity contribution is 5.89. The Bertz CT molecular complexity index is 1530. The molecule has 1 unspecified atom stereocenters. The first-order chi connectivity index (χ1) is 20.2. The number of carbonyl (C=O) groups excluding carboxylic acids is 2. The minimum atomic E-state index is -0.493. The maximum atomic E-state index is 14.0.